The number of nitrogens with one attached hydrogen (secondary N) is 1. The van der Waals surface area contributed by atoms with Crippen LogP contribution in [0.15, 0.2) is 60.7 Å². The van der Waals surface area contributed by atoms with Gasteiger partial charge in [0.25, 0.3) is 0 Å². The molecule has 3 rings (SSSR count). The average Bonchev–Trinajstić information content (AvgIpc) is 3.26. The first kappa shape index (κ1) is 23.6. The molecule has 2 amide bonds. The summed E-state index contributed by atoms with van der Waals surface area (Å²) < 4.78 is 0. The van der Waals surface area contributed by atoms with E-state index in [0.717, 1.165) is 17.5 Å². The Morgan fingerprint density at radius 1 is 1.16 bits per heavy atom. The molecule has 1 N–H and O–H groups in total. The van der Waals surface area contributed by atoms with Crippen molar-refractivity contribution in [1.29, 1.82) is 0 Å². The van der Waals surface area contributed by atoms with Crippen LogP contribution in [0, 0.1) is 0 Å². The summed E-state index contributed by atoms with van der Waals surface area (Å²) in [5.74, 6) is -0.331. The van der Waals surface area contributed by atoms with Crippen molar-refractivity contribution in [3.05, 3.63) is 71.3 Å². The molecule has 1 atom stereocenters. The van der Waals surface area contributed by atoms with E-state index in [2.05, 4.69) is 15.5 Å². The van der Waals surface area contributed by atoms with E-state index in [1.807, 2.05) is 56.3 Å². The fourth-order valence-corrected chi connectivity index (χ4v) is 3.96. The molecule has 0 aliphatic carbocycles. The van der Waals surface area contributed by atoms with E-state index >= 15 is 0 Å². The van der Waals surface area contributed by atoms with Gasteiger partial charge < -0.3 is 10.2 Å². The van der Waals surface area contributed by atoms with E-state index in [4.69, 9.17) is 11.6 Å². The van der Waals surface area contributed by atoms with Crippen LogP contribution in [0.3, 0.4) is 0 Å². The molecule has 1 heterocycles. The molecule has 0 aliphatic rings. The second-order valence-corrected chi connectivity index (χ2v) is 8.67. The molecule has 166 valence electrons. The molecule has 1 aromatic heterocycles. The summed E-state index contributed by atoms with van der Waals surface area (Å²) in [4.78, 5) is 27.0. The number of hydrogen-bond acceptors (Lipinski definition) is 5. The zero-order chi connectivity index (χ0) is 22.9. The van der Waals surface area contributed by atoms with Crippen LogP contribution in [0.4, 0.5) is 5.13 Å². The van der Waals surface area contributed by atoms with E-state index in [-0.39, 0.29) is 24.3 Å². The van der Waals surface area contributed by atoms with Crippen LogP contribution in [0.5, 0.6) is 0 Å². The molecule has 32 heavy (non-hydrogen) atoms. The van der Waals surface area contributed by atoms with Gasteiger partial charge in [0.2, 0.25) is 16.9 Å². The Morgan fingerprint density at radius 3 is 2.66 bits per heavy atom. The van der Waals surface area contributed by atoms with Crippen LogP contribution in [0.25, 0.3) is 16.6 Å². The Balaban J connectivity index is 1.58. The van der Waals surface area contributed by atoms with Crippen LogP contribution in [-0.2, 0) is 9.59 Å². The number of halogens is 1. The Kier molecular flexibility index (Phi) is 8.53. The molecule has 2 aromatic carbocycles. The van der Waals surface area contributed by atoms with Crippen LogP contribution >= 0.6 is 22.9 Å². The third kappa shape index (κ3) is 6.73. The van der Waals surface area contributed by atoms with Gasteiger partial charge in [0, 0.05) is 35.7 Å². The van der Waals surface area contributed by atoms with Crippen molar-refractivity contribution in [1.82, 2.24) is 15.1 Å². The summed E-state index contributed by atoms with van der Waals surface area (Å²) in [6, 6.07) is 17.0. The highest BCUT2D eigenvalue weighted by molar-refractivity contribution is 7.18. The Labute approximate surface area is 196 Å². The smallest absolute Gasteiger partial charge is 0.246 e. The molecule has 3 aromatic rings. The van der Waals surface area contributed by atoms with E-state index in [1.165, 1.54) is 11.3 Å². The maximum atomic E-state index is 12.8. The van der Waals surface area contributed by atoms with Gasteiger partial charge in [-0.1, -0.05) is 72.3 Å². The summed E-state index contributed by atoms with van der Waals surface area (Å²) >= 11 is 7.30. The third-order valence-corrected chi connectivity index (χ3v) is 6.07. The quantitative estimate of drug-likeness (QED) is 0.419. The molecule has 0 saturated heterocycles. The molecule has 0 radical (unpaired) electrons. The number of amides is 2. The predicted octanol–water partition coefficient (Wildman–Crippen LogP) is 5.53. The van der Waals surface area contributed by atoms with Crippen molar-refractivity contribution in [2.75, 3.05) is 11.9 Å². The number of rotatable bonds is 9. The highest BCUT2D eigenvalue weighted by Gasteiger charge is 2.18. The van der Waals surface area contributed by atoms with E-state index in [1.54, 1.807) is 29.2 Å². The van der Waals surface area contributed by atoms with E-state index in [0.29, 0.717) is 21.7 Å². The maximum Gasteiger partial charge on any atom is 0.246 e. The zero-order valence-electron chi connectivity index (χ0n) is 18.0. The van der Waals surface area contributed by atoms with Crippen molar-refractivity contribution < 1.29 is 9.59 Å². The van der Waals surface area contributed by atoms with Crippen LogP contribution in [-0.4, -0.2) is 39.5 Å². The van der Waals surface area contributed by atoms with Crippen LogP contribution in [0.2, 0.25) is 5.02 Å². The SMILES string of the molecule is CCC(C)N(CCC(=O)Nc1nnc(-c2cccc(Cl)c2)s1)C(=O)/C=C/c1ccccc1. The molecule has 0 bridgehead atoms. The van der Waals surface area contributed by atoms with Crippen molar-refractivity contribution in [2.45, 2.75) is 32.7 Å². The number of aromatic nitrogens is 2. The largest absolute Gasteiger partial charge is 0.336 e. The molecule has 6 nitrogen and oxygen atoms in total. The first-order chi connectivity index (χ1) is 15.5. The highest BCUT2D eigenvalue weighted by atomic mass is 35.5. The highest BCUT2D eigenvalue weighted by Crippen LogP contribution is 2.28. The molecule has 0 spiro atoms. The summed E-state index contributed by atoms with van der Waals surface area (Å²) in [5, 5.41) is 12.6. The van der Waals surface area contributed by atoms with Crippen molar-refractivity contribution in [2.24, 2.45) is 0 Å². The lowest BCUT2D eigenvalue weighted by atomic mass is 10.1. The van der Waals surface area contributed by atoms with E-state index in [9.17, 15) is 9.59 Å². The van der Waals surface area contributed by atoms with Gasteiger partial charge in [-0.2, -0.15) is 0 Å². The topological polar surface area (TPSA) is 75.2 Å². The summed E-state index contributed by atoms with van der Waals surface area (Å²) in [6.45, 7) is 4.32. The number of benzene rings is 2. The number of hydrogen-bond donors (Lipinski definition) is 1. The molecular weight excluding hydrogens is 444 g/mol. The van der Waals surface area contributed by atoms with Crippen LogP contribution < -0.4 is 5.32 Å². The third-order valence-electron chi connectivity index (χ3n) is 4.95. The standard InChI is InChI=1S/C24H25ClN4O2S/c1-3-17(2)29(22(31)13-12-18-8-5-4-6-9-18)15-14-21(30)26-24-28-27-23(32-24)19-10-7-11-20(25)16-19/h4-13,16-17H,3,14-15H2,1-2H3,(H,26,28,30)/b13-12+. The van der Waals surface area contributed by atoms with Gasteiger partial charge in [0.05, 0.1) is 0 Å². The lowest BCUT2D eigenvalue weighted by Gasteiger charge is -2.27. The Hall–Kier alpha value is -3.03. The van der Waals surface area contributed by atoms with E-state index < -0.39 is 0 Å². The van der Waals surface area contributed by atoms with Gasteiger partial charge in [0.1, 0.15) is 5.01 Å². The summed E-state index contributed by atoms with van der Waals surface area (Å²) in [6.07, 6.45) is 4.31. The lowest BCUT2D eigenvalue weighted by Crippen LogP contribution is -2.39. The van der Waals surface area contributed by atoms with Gasteiger partial charge >= 0.3 is 0 Å². The predicted molar refractivity (Wildman–Crippen MR) is 131 cm³/mol. The molecule has 0 fully saturated rings. The summed E-state index contributed by atoms with van der Waals surface area (Å²) in [5.41, 5.74) is 1.80. The zero-order valence-corrected chi connectivity index (χ0v) is 19.6. The molecular formula is C24H25ClN4O2S. The average molecular weight is 469 g/mol. The van der Waals surface area contributed by atoms with Gasteiger partial charge in [-0.3, -0.25) is 9.59 Å². The number of carbonyl (C=O) groups excluding carboxylic acids is 2. The second-order valence-electron chi connectivity index (χ2n) is 7.25. The fraction of sp³-hybridized carbons (Fsp3) is 0.250. The van der Waals surface area contributed by atoms with Crippen molar-refractivity contribution in [3.63, 3.8) is 0 Å². The van der Waals surface area contributed by atoms with Gasteiger partial charge in [0.15, 0.2) is 0 Å². The van der Waals surface area contributed by atoms with Crippen LogP contribution in [0.1, 0.15) is 32.3 Å². The monoisotopic (exact) mass is 468 g/mol. The maximum absolute atomic E-state index is 12.8. The van der Waals surface area contributed by atoms with Crippen molar-refractivity contribution >= 4 is 46.0 Å². The minimum Gasteiger partial charge on any atom is -0.336 e. The first-order valence-electron chi connectivity index (χ1n) is 10.4. The molecule has 0 aliphatic heterocycles. The number of carbonyl (C=O) groups is 2. The fourth-order valence-electron chi connectivity index (χ4n) is 3.01. The lowest BCUT2D eigenvalue weighted by molar-refractivity contribution is -0.128. The first-order valence-corrected chi connectivity index (χ1v) is 11.6. The Bertz CT molecular complexity index is 1080. The molecule has 1 unspecified atom stereocenters. The minimum absolute atomic E-state index is 0.0201. The summed E-state index contributed by atoms with van der Waals surface area (Å²) in [7, 11) is 0. The van der Waals surface area contributed by atoms with Crippen molar-refractivity contribution in [3.8, 4) is 10.6 Å². The molecule has 8 heteroatoms. The van der Waals surface area contributed by atoms with Gasteiger partial charge in [-0.25, -0.2) is 0 Å². The van der Waals surface area contributed by atoms with Gasteiger partial charge in [-0.15, -0.1) is 10.2 Å². The normalized spacial score (nSPS) is 12.0. The van der Waals surface area contributed by atoms with Gasteiger partial charge in [-0.05, 0) is 37.1 Å². The minimum atomic E-state index is -0.216. The Morgan fingerprint density at radius 2 is 1.94 bits per heavy atom. The number of nitrogens with zero attached hydrogens (tertiary/aromatic N) is 3. The number of anilines is 1. The second kappa shape index (κ2) is 11.5. The molecule has 0 saturated carbocycles.